The highest BCUT2D eigenvalue weighted by Crippen LogP contribution is 2.44. The number of carbonyl (C=O) groups excluding carboxylic acids is 1. The maximum Gasteiger partial charge on any atom is 0.303 e. The summed E-state index contributed by atoms with van der Waals surface area (Å²) in [6.45, 7) is 2.06. The molecule has 0 aliphatic heterocycles. The van der Waals surface area contributed by atoms with E-state index in [2.05, 4.69) is 12.2 Å². The Bertz CT molecular complexity index is 501. The molecule has 0 heterocycles. The number of aliphatic carboxylic acids is 1. The molecule has 108 valence electrons. The summed E-state index contributed by atoms with van der Waals surface area (Å²) < 4.78 is 0. The summed E-state index contributed by atoms with van der Waals surface area (Å²) in [7, 11) is 0. The number of aryl methyl sites for hydroxylation is 1. The van der Waals surface area contributed by atoms with Gasteiger partial charge in [0.2, 0.25) is 5.91 Å². The first-order valence-electron chi connectivity index (χ1n) is 7.18. The molecule has 1 amide bonds. The van der Waals surface area contributed by atoms with Crippen LogP contribution in [0.3, 0.4) is 0 Å². The summed E-state index contributed by atoms with van der Waals surface area (Å²) in [4.78, 5) is 22.9. The van der Waals surface area contributed by atoms with Crippen LogP contribution in [0.1, 0.15) is 44.6 Å². The first kappa shape index (κ1) is 14.6. The lowest BCUT2D eigenvalue weighted by molar-refractivity contribution is -0.137. The van der Waals surface area contributed by atoms with Crippen LogP contribution in [-0.2, 0) is 16.0 Å². The smallest absolute Gasteiger partial charge is 0.303 e. The number of carboxylic acid groups (broad SMARTS) is 1. The summed E-state index contributed by atoms with van der Waals surface area (Å²) in [6, 6.07) is 7.46. The zero-order chi connectivity index (χ0) is 14.6. The quantitative estimate of drug-likeness (QED) is 0.837. The van der Waals surface area contributed by atoms with Crippen LogP contribution in [0, 0.1) is 5.41 Å². The van der Waals surface area contributed by atoms with Gasteiger partial charge < -0.3 is 10.4 Å². The van der Waals surface area contributed by atoms with Crippen LogP contribution in [0.2, 0.25) is 0 Å². The lowest BCUT2D eigenvalue weighted by Gasteiger charge is -2.39. The molecule has 1 aliphatic rings. The number of nitrogens with one attached hydrogen (secondary N) is 1. The second-order valence-electron chi connectivity index (χ2n) is 5.54. The Morgan fingerprint density at radius 3 is 2.65 bits per heavy atom. The minimum Gasteiger partial charge on any atom is -0.481 e. The van der Waals surface area contributed by atoms with E-state index in [0.29, 0.717) is 6.42 Å². The van der Waals surface area contributed by atoms with Gasteiger partial charge in [0.25, 0.3) is 0 Å². The van der Waals surface area contributed by atoms with E-state index in [1.165, 1.54) is 0 Å². The second kappa shape index (κ2) is 6.07. The maximum absolute atomic E-state index is 12.3. The number of carboxylic acids is 1. The van der Waals surface area contributed by atoms with Crippen molar-refractivity contribution in [3.05, 3.63) is 29.8 Å². The normalized spacial score (nSPS) is 16.2. The lowest BCUT2D eigenvalue weighted by atomic mass is 9.66. The zero-order valence-corrected chi connectivity index (χ0v) is 11.8. The van der Waals surface area contributed by atoms with Crippen molar-refractivity contribution in [1.82, 2.24) is 0 Å². The zero-order valence-electron chi connectivity index (χ0n) is 11.8. The van der Waals surface area contributed by atoms with E-state index >= 15 is 0 Å². The molecule has 0 spiro atoms. The Balaban J connectivity index is 2.00. The first-order valence-corrected chi connectivity index (χ1v) is 7.18. The molecule has 1 aromatic carbocycles. The van der Waals surface area contributed by atoms with Gasteiger partial charge in [-0.3, -0.25) is 9.59 Å². The van der Waals surface area contributed by atoms with Gasteiger partial charge in [0.05, 0.1) is 0 Å². The molecule has 0 unspecified atom stereocenters. The van der Waals surface area contributed by atoms with E-state index < -0.39 is 5.97 Å². The molecule has 2 N–H and O–H groups in total. The first-order chi connectivity index (χ1) is 9.55. The van der Waals surface area contributed by atoms with Crippen LogP contribution in [0.4, 0.5) is 5.69 Å². The van der Waals surface area contributed by atoms with Crippen molar-refractivity contribution in [1.29, 1.82) is 0 Å². The maximum atomic E-state index is 12.3. The van der Waals surface area contributed by atoms with Gasteiger partial charge in [-0.1, -0.05) is 25.5 Å². The Hall–Kier alpha value is -1.84. The van der Waals surface area contributed by atoms with Crippen molar-refractivity contribution in [2.75, 3.05) is 5.32 Å². The van der Waals surface area contributed by atoms with Gasteiger partial charge in [-0.25, -0.2) is 0 Å². The standard InChI is InChI=1S/C16H21NO3/c1-2-16(9-4-10-16)15(20)17-13-6-3-5-12(11-13)7-8-14(18)19/h3,5-6,11H,2,4,7-10H2,1H3,(H,17,20)(H,18,19). The van der Waals surface area contributed by atoms with Crippen LogP contribution >= 0.6 is 0 Å². The summed E-state index contributed by atoms with van der Waals surface area (Å²) in [5.74, 6) is -0.708. The van der Waals surface area contributed by atoms with Crippen molar-refractivity contribution >= 4 is 17.6 Å². The number of hydrogen-bond acceptors (Lipinski definition) is 2. The van der Waals surface area contributed by atoms with Crippen LogP contribution in [0.15, 0.2) is 24.3 Å². The second-order valence-corrected chi connectivity index (χ2v) is 5.54. The van der Waals surface area contributed by atoms with E-state index in [-0.39, 0.29) is 17.7 Å². The molecule has 0 atom stereocenters. The summed E-state index contributed by atoms with van der Waals surface area (Å²) >= 11 is 0. The molecule has 1 saturated carbocycles. The molecule has 1 fully saturated rings. The average Bonchev–Trinajstić information content (AvgIpc) is 2.36. The van der Waals surface area contributed by atoms with Gasteiger partial charge in [0, 0.05) is 17.5 Å². The van der Waals surface area contributed by atoms with Gasteiger partial charge in [-0.15, -0.1) is 0 Å². The molecule has 4 heteroatoms. The van der Waals surface area contributed by atoms with Crippen molar-refractivity contribution in [3.8, 4) is 0 Å². The van der Waals surface area contributed by atoms with Gasteiger partial charge in [-0.05, 0) is 43.4 Å². The van der Waals surface area contributed by atoms with Crippen molar-refractivity contribution < 1.29 is 14.7 Å². The Morgan fingerprint density at radius 2 is 2.10 bits per heavy atom. The van der Waals surface area contributed by atoms with Crippen molar-refractivity contribution in [2.24, 2.45) is 5.41 Å². The molecule has 0 bridgehead atoms. The number of amides is 1. The number of anilines is 1. The average molecular weight is 275 g/mol. The number of rotatable bonds is 6. The fourth-order valence-electron chi connectivity index (χ4n) is 2.66. The Kier molecular flexibility index (Phi) is 4.42. The summed E-state index contributed by atoms with van der Waals surface area (Å²) in [6.07, 6.45) is 4.52. The SMILES string of the molecule is CCC1(C(=O)Nc2cccc(CCC(=O)O)c2)CCC1. The highest BCUT2D eigenvalue weighted by atomic mass is 16.4. The summed E-state index contributed by atoms with van der Waals surface area (Å²) in [5.41, 5.74) is 1.51. The number of hydrogen-bond donors (Lipinski definition) is 2. The van der Waals surface area contributed by atoms with Crippen molar-refractivity contribution in [2.45, 2.75) is 45.4 Å². The molecule has 20 heavy (non-hydrogen) atoms. The van der Waals surface area contributed by atoms with Gasteiger partial charge in [0.1, 0.15) is 0 Å². The van der Waals surface area contributed by atoms with E-state index in [9.17, 15) is 9.59 Å². The highest BCUT2D eigenvalue weighted by Gasteiger charge is 2.42. The minimum atomic E-state index is -0.807. The van der Waals surface area contributed by atoms with Crippen LogP contribution < -0.4 is 5.32 Å². The third-order valence-electron chi connectivity index (χ3n) is 4.28. The molecule has 2 rings (SSSR count). The van der Waals surface area contributed by atoms with Gasteiger partial charge in [0.15, 0.2) is 0 Å². The summed E-state index contributed by atoms with van der Waals surface area (Å²) in [5, 5.41) is 11.7. The minimum absolute atomic E-state index is 0.0987. The predicted octanol–water partition coefficient (Wildman–Crippen LogP) is 3.22. The monoisotopic (exact) mass is 275 g/mol. The van der Waals surface area contributed by atoms with E-state index in [4.69, 9.17) is 5.11 Å². The highest BCUT2D eigenvalue weighted by molar-refractivity contribution is 5.95. The molecular weight excluding hydrogens is 254 g/mol. The molecule has 0 aromatic heterocycles. The van der Waals surface area contributed by atoms with Gasteiger partial charge >= 0.3 is 5.97 Å². The molecule has 4 nitrogen and oxygen atoms in total. The Morgan fingerprint density at radius 1 is 1.35 bits per heavy atom. The van der Waals surface area contributed by atoms with E-state index in [0.717, 1.165) is 36.9 Å². The third kappa shape index (κ3) is 3.18. The fourth-order valence-corrected chi connectivity index (χ4v) is 2.66. The fraction of sp³-hybridized carbons (Fsp3) is 0.500. The number of carbonyl (C=O) groups is 2. The lowest BCUT2D eigenvalue weighted by Crippen LogP contribution is -2.41. The third-order valence-corrected chi connectivity index (χ3v) is 4.28. The van der Waals surface area contributed by atoms with E-state index in [1.54, 1.807) is 0 Å². The predicted molar refractivity (Wildman–Crippen MR) is 77.6 cm³/mol. The largest absolute Gasteiger partial charge is 0.481 e. The number of benzene rings is 1. The van der Waals surface area contributed by atoms with Crippen LogP contribution in [0.5, 0.6) is 0 Å². The van der Waals surface area contributed by atoms with Crippen LogP contribution in [-0.4, -0.2) is 17.0 Å². The van der Waals surface area contributed by atoms with Crippen molar-refractivity contribution in [3.63, 3.8) is 0 Å². The van der Waals surface area contributed by atoms with Crippen LogP contribution in [0.25, 0.3) is 0 Å². The molecule has 1 aliphatic carbocycles. The van der Waals surface area contributed by atoms with Gasteiger partial charge in [-0.2, -0.15) is 0 Å². The molecular formula is C16H21NO3. The molecule has 0 radical (unpaired) electrons. The topological polar surface area (TPSA) is 66.4 Å². The molecule has 1 aromatic rings. The van der Waals surface area contributed by atoms with E-state index in [1.807, 2.05) is 24.3 Å². The molecule has 0 saturated heterocycles. The Labute approximate surface area is 119 Å².